The normalized spacial score (nSPS) is 10.4. The molecule has 2 N–H and O–H groups in total. The zero-order chi connectivity index (χ0) is 19.4. The van der Waals surface area contributed by atoms with E-state index in [-0.39, 0.29) is 5.97 Å². The van der Waals surface area contributed by atoms with E-state index in [0.717, 1.165) is 16.9 Å². The van der Waals surface area contributed by atoms with Crippen molar-refractivity contribution in [3.63, 3.8) is 0 Å². The lowest BCUT2D eigenvalue weighted by Gasteiger charge is -2.12. The fourth-order valence-electron chi connectivity index (χ4n) is 2.67. The molecule has 3 rings (SSSR count). The Morgan fingerprint density at radius 2 is 1.78 bits per heavy atom. The molecule has 0 amide bonds. The minimum Gasteiger partial charge on any atom is -0.465 e. The van der Waals surface area contributed by atoms with Crippen LogP contribution < -0.4 is 10.6 Å². The Morgan fingerprint density at radius 3 is 2.56 bits per heavy atom. The van der Waals surface area contributed by atoms with Gasteiger partial charge in [-0.15, -0.1) is 0 Å². The molecule has 6 heteroatoms. The lowest BCUT2D eigenvalue weighted by Crippen LogP contribution is -2.05. The topological polar surface area (TPSA) is 76.1 Å². The third-order valence-electron chi connectivity index (χ3n) is 4.05. The molecular formula is C21H22N4O2. The minimum atomic E-state index is -0.388. The van der Waals surface area contributed by atoms with Crippen molar-refractivity contribution in [2.75, 3.05) is 17.7 Å². The van der Waals surface area contributed by atoms with Crippen LogP contribution in [0.4, 0.5) is 23.1 Å². The smallest absolute Gasteiger partial charge is 0.337 e. The van der Waals surface area contributed by atoms with Crippen LogP contribution >= 0.6 is 0 Å². The maximum Gasteiger partial charge on any atom is 0.337 e. The van der Waals surface area contributed by atoms with E-state index in [2.05, 4.69) is 45.7 Å². The molecule has 0 aliphatic rings. The molecule has 2 aromatic carbocycles. The summed E-state index contributed by atoms with van der Waals surface area (Å²) in [5.41, 5.74) is 5.31. The van der Waals surface area contributed by atoms with Crippen molar-refractivity contribution in [2.45, 2.75) is 20.8 Å². The van der Waals surface area contributed by atoms with Gasteiger partial charge < -0.3 is 15.4 Å². The van der Waals surface area contributed by atoms with Gasteiger partial charge in [-0.05, 0) is 56.2 Å². The van der Waals surface area contributed by atoms with Crippen LogP contribution in [0.1, 0.15) is 27.2 Å². The number of ether oxygens (including phenoxy) is 1. The van der Waals surface area contributed by atoms with Gasteiger partial charge >= 0.3 is 5.97 Å². The number of esters is 1. The first kappa shape index (κ1) is 18.4. The number of methoxy groups -OCH3 is 1. The number of aromatic nitrogens is 2. The average Bonchev–Trinajstić information content (AvgIpc) is 2.64. The number of carbonyl (C=O) groups is 1. The van der Waals surface area contributed by atoms with Crippen molar-refractivity contribution in [2.24, 2.45) is 0 Å². The van der Waals surface area contributed by atoms with Crippen molar-refractivity contribution in [1.29, 1.82) is 0 Å². The summed E-state index contributed by atoms with van der Waals surface area (Å²) in [5.74, 6) is 0.758. The number of hydrogen-bond acceptors (Lipinski definition) is 6. The van der Waals surface area contributed by atoms with E-state index in [4.69, 9.17) is 4.74 Å². The summed E-state index contributed by atoms with van der Waals surface area (Å²) >= 11 is 0. The fourth-order valence-corrected chi connectivity index (χ4v) is 2.67. The first-order valence-electron chi connectivity index (χ1n) is 8.60. The second kappa shape index (κ2) is 7.86. The predicted octanol–water partition coefficient (Wildman–Crippen LogP) is 4.68. The Morgan fingerprint density at radius 1 is 0.963 bits per heavy atom. The number of anilines is 4. The highest BCUT2D eigenvalue weighted by atomic mass is 16.5. The van der Waals surface area contributed by atoms with Gasteiger partial charge in [-0.2, -0.15) is 4.98 Å². The first-order valence-corrected chi connectivity index (χ1v) is 8.60. The van der Waals surface area contributed by atoms with Crippen molar-refractivity contribution in [1.82, 2.24) is 9.97 Å². The lowest BCUT2D eigenvalue weighted by atomic mass is 10.1. The molecule has 0 spiro atoms. The number of carbonyl (C=O) groups excluding carboxylic acids is 1. The summed E-state index contributed by atoms with van der Waals surface area (Å²) in [4.78, 5) is 20.7. The van der Waals surface area contributed by atoms with Crippen LogP contribution in [-0.2, 0) is 4.74 Å². The average molecular weight is 362 g/mol. The molecular weight excluding hydrogens is 340 g/mol. The van der Waals surface area contributed by atoms with Crippen molar-refractivity contribution in [3.8, 4) is 0 Å². The van der Waals surface area contributed by atoms with Crippen molar-refractivity contribution < 1.29 is 9.53 Å². The molecule has 0 saturated carbocycles. The van der Waals surface area contributed by atoms with Gasteiger partial charge in [-0.25, -0.2) is 9.78 Å². The van der Waals surface area contributed by atoms with E-state index in [1.54, 1.807) is 18.2 Å². The highest BCUT2D eigenvalue weighted by molar-refractivity contribution is 5.90. The Balaban J connectivity index is 1.85. The first-order chi connectivity index (χ1) is 12.9. The van der Waals surface area contributed by atoms with Crippen molar-refractivity contribution >= 4 is 29.1 Å². The van der Waals surface area contributed by atoms with Crippen LogP contribution in [0, 0.1) is 20.8 Å². The van der Waals surface area contributed by atoms with E-state index >= 15 is 0 Å². The summed E-state index contributed by atoms with van der Waals surface area (Å²) in [6.45, 7) is 6.01. The van der Waals surface area contributed by atoms with Gasteiger partial charge in [-0.3, -0.25) is 0 Å². The summed E-state index contributed by atoms with van der Waals surface area (Å²) in [7, 11) is 1.36. The highest BCUT2D eigenvalue weighted by Crippen LogP contribution is 2.23. The zero-order valence-electron chi connectivity index (χ0n) is 15.8. The Hall–Kier alpha value is -3.41. The fraction of sp³-hybridized carbons (Fsp3) is 0.190. The minimum absolute atomic E-state index is 0.388. The number of hydrogen-bond donors (Lipinski definition) is 2. The summed E-state index contributed by atoms with van der Waals surface area (Å²) in [6.07, 6.45) is 0. The number of aryl methyl sites for hydroxylation is 3. The molecule has 27 heavy (non-hydrogen) atoms. The molecule has 0 unspecified atom stereocenters. The van der Waals surface area contributed by atoms with Crippen LogP contribution in [-0.4, -0.2) is 23.0 Å². The molecule has 0 saturated heterocycles. The number of nitrogens with zero attached hydrogens (tertiary/aromatic N) is 2. The molecule has 0 aliphatic heterocycles. The Kier molecular flexibility index (Phi) is 5.35. The predicted molar refractivity (Wildman–Crippen MR) is 107 cm³/mol. The van der Waals surface area contributed by atoms with Gasteiger partial charge in [0.25, 0.3) is 0 Å². The largest absolute Gasteiger partial charge is 0.465 e. The molecule has 138 valence electrons. The van der Waals surface area contributed by atoms with E-state index in [9.17, 15) is 4.79 Å². The second-order valence-electron chi connectivity index (χ2n) is 6.36. The van der Waals surface area contributed by atoms with Crippen LogP contribution in [0.15, 0.2) is 48.5 Å². The zero-order valence-corrected chi connectivity index (χ0v) is 15.8. The van der Waals surface area contributed by atoms with E-state index in [0.29, 0.717) is 23.0 Å². The van der Waals surface area contributed by atoms with Gasteiger partial charge in [-0.1, -0.05) is 18.2 Å². The molecule has 1 heterocycles. The molecule has 6 nitrogen and oxygen atoms in total. The van der Waals surface area contributed by atoms with Crippen LogP contribution in [0.2, 0.25) is 0 Å². The van der Waals surface area contributed by atoms with Crippen LogP contribution in [0.3, 0.4) is 0 Å². The molecule has 0 radical (unpaired) electrons. The quantitative estimate of drug-likeness (QED) is 0.642. The second-order valence-corrected chi connectivity index (χ2v) is 6.36. The molecule has 1 aromatic heterocycles. The van der Waals surface area contributed by atoms with Gasteiger partial charge in [0.15, 0.2) is 0 Å². The summed E-state index contributed by atoms with van der Waals surface area (Å²) < 4.78 is 4.76. The lowest BCUT2D eigenvalue weighted by molar-refractivity contribution is 0.0601. The third-order valence-corrected chi connectivity index (χ3v) is 4.05. The van der Waals surface area contributed by atoms with E-state index < -0.39 is 0 Å². The van der Waals surface area contributed by atoms with Gasteiger partial charge in [0.2, 0.25) is 5.95 Å². The molecule has 0 aliphatic carbocycles. The molecule has 0 atom stereocenters. The molecule has 0 fully saturated rings. The van der Waals surface area contributed by atoms with Crippen LogP contribution in [0.25, 0.3) is 0 Å². The Labute approximate surface area is 158 Å². The van der Waals surface area contributed by atoms with Gasteiger partial charge in [0.1, 0.15) is 5.82 Å². The van der Waals surface area contributed by atoms with Gasteiger partial charge in [0.05, 0.1) is 12.7 Å². The van der Waals surface area contributed by atoms with E-state index in [1.165, 1.54) is 12.7 Å². The number of nitrogens with one attached hydrogen (secondary N) is 2. The maximum absolute atomic E-state index is 11.7. The monoisotopic (exact) mass is 362 g/mol. The number of benzene rings is 2. The molecule has 3 aromatic rings. The van der Waals surface area contributed by atoms with Crippen LogP contribution in [0.5, 0.6) is 0 Å². The SMILES string of the molecule is COC(=O)c1cccc(Nc2nc(C)cc(Nc3cc(C)ccc3C)n2)c1. The highest BCUT2D eigenvalue weighted by Gasteiger charge is 2.08. The van der Waals surface area contributed by atoms with E-state index in [1.807, 2.05) is 26.0 Å². The standard InChI is InChI=1S/C21H22N4O2/c1-13-8-9-14(2)18(10-13)24-19-11-15(3)22-21(25-19)23-17-7-5-6-16(12-17)20(26)27-4/h5-12H,1-4H3,(H2,22,23,24,25). The maximum atomic E-state index is 11.7. The molecule has 0 bridgehead atoms. The van der Waals surface area contributed by atoms with Gasteiger partial charge in [0, 0.05) is 23.1 Å². The summed E-state index contributed by atoms with van der Waals surface area (Å²) in [5, 5.41) is 6.50. The van der Waals surface area contributed by atoms with Crippen molar-refractivity contribution in [3.05, 3.63) is 70.9 Å². The Bertz CT molecular complexity index is 986. The summed E-state index contributed by atoms with van der Waals surface area (Å²) in [6, 6.07) is 15.1. The third kappa shape index (κ3) is 4.61. The number of rotatable bonds is 5.